The molecule has 22 heavy (non-hydrogen) atoms. The number of amides is 1. The molecule has 0 unspecified atom stereocenters. The number of nitrogens with zero attached hydrogens (tertiary/aromatic N) is 1. The molecule has 116 valence electrons. The van der Waals surface area contributed by atoms with Gasteiger partial charge in [-0.05, 0) is 55.9 Å². The summed E-state index contributed by atoms with van der Waals surface area (Å²) in [7, 11) is 1.87. The summed E-state index contributed by atoms with van der Waals surface area (Å²) in [5.74, 6) is -0.342. The summed E-state index contributed by atoms with van der Waals surface area (Å²) in [6, 6.07) is 13.8. The maximum atomic E-state index is 13.0. The minimum atomic E-state index is -0.258. The first-order valence-corrected chi connectivity index (χ1v) is 7.76. The third-order valence-electron chi connectivity index (χ3n) is 3.53. The number of hydrogen-bond acceptors (Lipinski definition) is 2. The molecule has 0 saturated carbocycles. The Balaban J connectivity index is 1.92. The number of rotatable bonds is 5. The fourth-order valence-corrected chi connectivity index (χ4v) is 2.36. The molecule has 0 saturated heterocycles. The van der Waals surface area contributed by atoms with Gasteiger partial charge in [-0.3, -0.25) is 9.69 Å². The second-order valence-electron chi connectivity index (χ2n) is 5.20. The molecule has 0 bridgehead atoms. The summed E-state index contributed by atoms with van der Waals surface area (Å²) in [6.07, 6.45) is 0. The molecule has 0 aliphatic heterocycles. The highest BCUT2D eigenvalue weighted by molar-refractivity contribution is 9.10. The van der Waals surface area contributed by atoms with Gasteiger partial charge in [-0.1, -0.05) is 28.1 Å². The number of hydrogen-bond donors (Lipinski definition) is 1. The second-order valence-corrected chi connectivity index (χ2v) is 6.11. The van der Waals surface area contributed by atoms with E-state index in [-0.39, 0.29) is 24.3 Å². The van der Waals surface area contributed by atoms with Crippen LogP contribution < -0.4 is 5.32 Å². The van der Waals surface area contributed by atoms with Crippen LogP contribution in [0.5, 0.6) is 0 Å². The molecule has 0 spiro atoms. The molecule has 2 rings (SSSR count). The van der Waals surface area contributed by atoms with Gasteiger partial charge >= 0.3 is 0 Å². The van der Waals surface area contributed by atoms with Crippen LogP contribution in [0, 0.1) is 5.82 Å². The molecular formula is C17H18BrFN2O. The van der Waals surface area contributed by atoms with Gasteiger partial charge in [-0.2, -0.15) is 0 Å². The van der Waals surface area contributed by atoms with E-state index in [0.29, 0.717) is 0 Å². The molecule has 0 radical (unpaired) electrons. The predicted molar refractivity (Wildman–Crippen MR) is 90.2 cm³/mol. The zero-order valence-corrected chi connectivity index (χ0v) is 14.1. The minimum Gasteiger partial charge on any atom is -0.325 e. The standard InChI is InChI=1S/C17H18BrFN2O/c1-12(13-3-7-15(19)8-4-13)21(2)11-17(22)20-16-9-5-14(18)6-10-16/h3-10,12H,11H2,1-2H3,(H,20,22)/t12-/m0/s1. The van der Waals surface area contributed by atoms with Crippen LogP contribution in [0.1, 0.15) is 18.5 Å². The summed E-state index contributed by atoms with van der Waals surface area (Å²) < 4.78 is 13.9. The first-order valence-electron chi connectivity index (χ1n) is 6.97. The third kappa shape index (κ3) is 4.64. The molecule has 0 aliphatic carbocycles. The normalized spacial score (nSPS) is 12.2. The Morgan fingerprint density at radius 2 is 1.77 bits per heavy atom. The number of halogens is 2. The summed E-state index contributed by atoms with van der Waals surface area (Å²) >= 11 is 3.35. The maximum absolute atomic E-state index is 13.0. The van der Waals surface area contributed by atoms with Crippen LogP contribution in [0.3, 0.4) is 0 Å². The SMILES string of the molecule is C[C@@H](c1ccc(F)cc1)N(C)CC(=O)Nc1ccc(Br)cc1. The summed E-state index contributed by atoms with van der Waals surface area (Å²) in [4.78, 5) is 14.0. The fraction of sp³-hybridized carbons (Fsp3) is 0.235. The van der Waals surface area contributed by atoms with Gasteiger partial charge in [0, 0.05) is 16.2 Å². The molecule has 2 aromatic rings. The van der Waals surface area contributed by atoms with Crippen molar-refractivity contribution in [1.82, 2.24) is 4.90 Å². The predicted octanol–water partition coefficient (Wildman–Crippen LogP) is 4.22. The maximum Gasteiger partial charge on any atom is 0.238 e. The smallest absolute Gasteiger partial charge is 0.238 e. The van der Waals surface area contributed by atoms with Gasteiger partial charge < -0.3 is 5.32 Å². The van der Waals surface area contributed by atoms with Crippen molar-refractivity contribution in [3.05, 3.63) is 64.4 Å². The highest BCUT2D eigenvalue weighted by Crippen LogP contribution is 2.19. The number of nitrogens with one attached hydrogen (secondary N) is 1. The van der Waals surface area contributed by atoms with E-state index in [1.54, 1.807) is 12.1 Å². The minimum absolute atomic E-state index is 0.0243. The van der Waals surface area contributed by atoms with Gasteiger partial charge in [-0.25, -0.2) is 4.39 Å². The molecule has 5 heteroatoms. The quantitative estimate of drug-likeness (QED) is 0.861. The first kappa shape index (κ1) is 16.6. The Morgan fingerprint density at radius 1 is 1.18 bits per heavy atom. The van der Waals surface area contributed by atoms with E-state index in [2.05, 4.69) is 21.2 Å². The van der Waals surface area contributed by atoms with Crippen LogP contribution in [0.2, 0.25) is 0 Å². The van der Waals surface area contributed by atoms with Crippen LogP contribution in [-0.2, 0) is 4.79 Å². The summed E-state index contributed by atoms with van der Waals surface area (Å²) in [5, 5.41) is 2.85. The van der Waals surface area contributed by atoms with Crippen LogP contribution in [-0.4, -0.2) is 24.4 Å². The van der Waals surface area contributed by atoms with E-state index in [1.807, 2.05) is 43.1 Å². The van der Waals surface area contributed by atoms with Crippen molar-refractivity contribution in [3.63, 3.8) is 0 Å². The number of carbonyl (C=O) groups is 1. The van der Waals surface area contributed by atoms with Crippen molar-refractivity contribution in [2.24, 2.45) is 0 Å². The number of carbonyl (C=O) groups excluding carboxylic acids is 1. The van der Waals surface area contributed by atoms with Gasteiger partial charge in [0.05, 0.1) is 6.54 Å². The third-order valence-corrected chi connectivity index (χ3v) is 4.06. The van der Waals surface area contributed by atoms with Crippen LogP contribution in [0.4, 0.5) is 10.1 Å². The van der Waals surface area contributed by atoms with Gasteiger partial charge in [-0.15, -0.1) is 0 Å². The lowest BCUT2D eigenvalue weighted by Gasteiger charge is -2.24. The molecule has 0 heterocycles. The fourth-order valence-electron chi connectivity index (χ4n) is 2.09. The average Bonchev–Trinajstić information content (AvgIpc) is 2.49. The highest BCUT2D eigenvalue weighted by Gasteiger charge is 2.15. The summed E-state index contributed by atoms with van der Waals surface area (Å²) in [6.45, 7) is 2.24. The van der Waals surface area contributed by atoms with Crippen molar-refractivity contribution in [2.45, 2.75) is 13.0 Å². The monoisotopic (exact) mass is 364 g/mol. The van der Waals surface area contributed by atoms with Crippen molar-refractivity contribution in [1.29, 1.82) is 0 Å². The Hall–Kier alpha value is -1.72. The van der Waals surface area contributed by atoms with Crippen molar-refractivity contribution >= 4 is 27.5 Å². The molecule has 2 aromatic carbocycles. The largest absolute Gasteiger partial charge is 0.325 e. The molecule has 0 aromatic heterocycles. The first-order chi connectivity index (χ1) is 10.5. The van der Waals surface area contributed by atoms with Gasteiger partial charge in [0.25, 0.3) is 0 Å². The molecular weight excluding hydrogens is 347 g/mol. The van der Waals surface area contributed by atoms with Crippen LogP contribution >= 0.6 is 15.9 Å². The van der Waals surface area contributed by atoms with Crippen LogP contribution in [0.15, 0.2) is 53.0 Å². The Kier molecular flexibility index (Phi) is 5.69. The second kappa shape index (κ2) is 7.51. The van der Waals surface area contributed by atoms with E-state index >= 15 is 0 Å². The van der Waals surface area contributed by atoms with Gasteiger partial charge in [0.2, 0.25) is 5.91 Å². The topological polar surface area (TPSA) is 32.3 Å². The number of likely N-dealkylation sites (N-methyl/N-ethyl adjacent to an activating group) is 1. The van der Waals surface area contributed by atoms with Gasteiger partial charge in [0.1, 0.15) is 5.82 Å². The van der Waals surface area contributed by atoms with E-state index in [0.717, 1.165) is 15.7 Å². The molecule has 0 fully saturated rings. The van der Waals surface area contributed by atoms with Crippen LogP contribution in [0.25, 0.3) is 0 Å². The van der Waals surface area contributed by atoms with Crippen molar-refractivity contribution in [2.75, 3.05) is 18.9 Å². The Labute approximate surface area is 138 Å². The lowest BCUT2D eigenvalue weighted by molar-refractivity contribution is -0.117. The highest BCUT2D eigenvalue weighted by atomic mass is 79.9. The Bertz CT molecular complexity index is 628. The Morgan fingerprint density at radius 3 is 2.36 bits per heavy atom. The van der Waals surface area contributed by atoms with E-state index in [4.69, 9.17) is 0 Å². The van der Waals surface area contributed by atoms with E-state index < -0.39 is 0 Å². The number of anilines is 1. The molecule has 3 nitrogen and oxygen atoms in total. The molecule has 0 aliphatic rings. The van der Waals surface area contributed by atoms with E-state index in [1.165, 1.54) is 12.1 Å². The van der Waals surface area contributed by atoms with Crippen molar-refractivity contribution in [3.8, 4) is 0 Å². The van der Waals surface area contributed by atoms with E-state index in [9.17, 15) is 9.18 Å². The van der Waals surface area contributed by atoms with Gasteiger partial charge in [0.15, 0.2) is 0 Å². The average molecular weight is 365 g/mol. The van der Waals surface area contributed by atoms with Crippen molar-refractivity contribution < 1.29 is 9.18 Å². The molecule has 1 amide bonds. The lowest BCUT2D eigenvalue weighted by Crippen LogP contribution is -2.32. The zero-order valence-electron chi connectivity index (χ0n) is 12.5. The lowest BCUT2D eigenvalue weighted by atomic mass is 10.1. The summed E-state index contributed by atoms with van der Waals surface area (Å²) in [5.41, 5.74) is 1.73. The number of benzene rings is 2. The molecule has 1 N–H and O–H groups in total. The molecule has 1 atom stereocenters. The zero-order chi connectivity index (χ0) is 16.1.